The number of carboxylic acid groups (broad SMARTS) is 3. The molecule has 30 aliphatic rings. The van der Waals surface area contributed by atoms with E-state index >= 15 is 0 Å². The van der Waals surface area contributed by atoms with Crippen molar-refractivity contribution in [2.75, 3.05) is 92.0 Å². The van der Waals surface area contributed by atoms with Crippen LogP contribution >= 0.6 is 94.1 Å². The van der Waals surface area contributed by atoms with E-state index in [1.54, 1.807) is 0 Å². The number of ether oxygens (including phenoxy) is 16. The van der Waals surface area contributed by atoms with Gasteiger partial charge in [0.15, 0.2) is 50.3 Å². The molecule has 133 heavy (non-hydrogen) atoms. The number of aliphatic hydroxyl groups is 16. The van der Waals surface area contributed by atoms with Gasteiger partial charge in [-0.15, -0.1) is 23.0 Å². The van der Waals surface area contributed by atoms with E-state index in [-0.39, 0.29) is 318 Å². The van der Waals surface area contributed by atoms with Crippen LogP contribution in [-0.2, 0) is 129 Å². The normalized spacial score (nSPS) is 39.1. The minimum Gasteiger partial charge on any atom is -0.550 e. The van der Waals surface area contributed by atoms with Crippen molar-refractivity contribution in [3.8, 4) is 0 Å². The molecule has 0 spiro atoms. The molecular formula is C72H107Na7O46S8. The van der Waals surface area contributed by atoms with Gasteiger partial charge >= 0.3 is 232 Å². The Morgan fingerprint density at radius 3 is 0.466 bits per heavy atom. The van der Waals surface area contributed by atoms with Crippen LogP contribution in [0.3, 0.4) is 0 Å². The SMILES string of the molecule is O=C=O.O=C=O.O=C=O.O=C=O.[CH2-]CSCC1O[C@@H]2O[C@@H]3C(CSCCC)O[C@H](O[C@@H]4C(CSCCC(=O)[O-])O[C@H](O[C@@H]5C(CSCCC(=O)[O-])O[C@H](O[C@@H]6C(CSCCC(=O)[O-])O[C@H](O[C@@H]7C(CSC[CH2-])O[C@H](O[C@@H]8C(CSC[CH2-])O[C@@H](O[C@@H]9C(CSC[CH2-])O[C@H](O[C@H]1[C@H](O)C2O)C(O)[C@H]9O)C(O)[C@H]8O)C(O)[C@H]7O)C(O)[C@H]6O)C(O)[C@H]5O)C(O)[C@H]4O)C(O)[C@H]3O.[Na+].[Na+].[Na+].[Na+].[Na+].[Na+].[Na+]. The van der Waals surface area contributed by atoms with Crippen LogP contribution in [0.4, 0.5) is 0 Å². The molecule has 30 aliphatic heterocycles. The zero-order valence-corrected chi connectivity index (χ0v) is 94.8. The van der Waals surface area contributed by atoms with Gasteiger partial charge in [0.2, 0.25) is 0 Å². The van der Waals surface area contributed by atoms with Crippen molar-refractivity contribution >= 4 is 137 Å². The number of aliphatic carboxylic acids is 3. The Balaban J connectivity index is -0.00000843. The van der Waals surface area contributed by atoms with Crippen LogP contribution in [0.5, 0.6) is 0 Å². The maximum Gasteiger partial charge on any atom is 1.00 e. The summed E-state index contributed by atoms with van der Waals surface area (Å²) in [5, 5.41) is 228. The van der Waals surface area contributed by atoms with Gasteiger partial charge in [-0.3, -0.25) is 0 Å². The molecule has 30 rings (SSSR count). The summed E-state index contributed by atoms with van der Waals surface area (Å²) in [6.07, 6.45) is -73.7. The van der Waals surface area contributed by atoms with Gasteiger partial charge in [-0.05, 0) is 48.7 Å². The second kappa shape index (κ2) is 76.0. The Hall–Kier alpha value is 4.45. The third-order valence-corrected chi connectivity index (χ3v) is 27.8. The van der Waals surface area contributed by atoms with Crippen molar-refractivity contribution in [3.63, 3.8) is 0 Å². The Labute approximate surface area is 954 Å². The van der Waals surface area contributed by atoms with E-state index < -0.39 is 283 Å². The second-order valence-electron chi connectivity index (χ2n) is 28.3. The fraction of sp³-hybridized carbons (Fsp3) is 0.847. The first kappa shape index (κ1) is 142. The van der Waals surface area contributed by atoms with Gasteiger partial charge in [0.25, 0.3) is 0 Å². The van der Waals surface area contributed by atoms with Crippen molar-refractivity contribution in [1.29, 1.82) is 0 Å². The molecule has 0 aromatic heterocycles. The van der Waals surface area contributed by atoms with Crippen LogP contribution in [0.15, 0.2) is 0 Å². The minimum atomic E-state index is -2.23. The first-order chi connectivity index (χ1) is 60.1. The summed E-state index contributed by atoms with van der Waals surface area (Å²) in [5.74, 6) is -4.60. The molecule has 16 unspecified atom stereocenters. The molecule has 726 valence electrons. The molecule has 0 aliphatic carbocycles. The van der Waals surface area contributed by atoms with E-state index in [4.69, 9.17) is 114 Å². The van der Waals surface area contributed by atoms with Crippen molar-refractivity contribution in [2.24, 2.45) is 0 Å². The van der Waals surface area contributed by atoms with Crippen LogP contribution < -0.4 is 222 Å². The first-order valence-corrected chi connectivity index (χ1v) is 48.1. The summed E-state index contributed by atoms with van der Waals surface area (Å²) in [5.41, 5.74) is 0. The molecule has 16 N–H and O–H groups in total. The minimum absolute atomic E-state index is 0. The monoisotopic (exact) mass is 2120 g/mol. The molecule has 30 saturated heterocycles. The molecule has 30 heterocycles. The summed E-state index contributed by atoms with van der Waals surface area (Å²) >= 11 is 8.76. The Morgan fingerprint density at radius 2 is 0.353 bits per heavy atom. The fourth-order valence-corrected chi connectivity index (χ4v) is 20.6. The maximum absolute atomic E-state index is 12.2. The maximum atomic E-state index is 12.2. The first-order valence-electron chi connectivity index (χ1n) is 38.9. The van der Waals surface area contributed by atoms with Gasteiger partial charge in [0.05, 0.1) is 48.8 Å². The third-order valence-electron chi connectivity index (χ3n) is 20.0. The molecule has 0 amide bonds. The van der Waals surface area contributed by atoms with Crippen LogP contribution in [-0.4, -0.2) is 462 Å². The summed E-state index contributed by atoms with van der Waals surface area (Å²) in [6.45, 7) is 17.4. The standard InChI is InChI=1S/C68H110O38S8.4CO2.7Na/c1-6-14-111-22-30-57-41(79)49(87)65(95-30)104-58-32(24-113-16-12-35(71)72)97-67(51(89)43(58)81)106-60-33(25-114-17-13-36(73)74)98-68(52(90)44(60)82)105-59-31(23-112-15-11-34(69)70)96-66(50(88)42(59)80)102-56-29(21-110-10-5)93-63(47(85)39(56)77)100-54-27(19-108-8-3)91-61(45(83)37(54)75)99-53-26(18-107-7-2)92-62(46(84)38(53)76)101-55-28(20-109-9-4)94-64(103-57)48(86)40(55)78;4*2-1-3;;;;;;;/h26-33,37-68,75-90H,2-25H2,1H3,(H,69,70)(H,71,72)(H,73,74);;;;;;;;;;;/q-4;;;;;7*+1/p-3/t26?,27?,28?,29?,30?,31?,32?,33?,37-,38-,39-,40-,41-,42-,43-,44-,45?,46?,47?,48?,49?,50?,51?,52?,53-,54-,55-,56-,57-,58-,59-,60-,61+,62-,63-,64-,65-,66-,67-,68-;;;;;;;;;;;/m1.........../s1. The smallest absolute Gasteiger partial charge is 0.550 e. The number of carbonyl (C=O) groups excluding carboxylic acids is 11. The number of hydrogen-bond acceptors (Lipinski definition) is 54. The Morgan fingerprint density at radius 1 is 0.233 bits per heavy atom. The predicted octanol–water partition coefficient (Wildman–Crippen LogP) is -32.6. The van der Waals surface area contributed by atoms with Gasteiger partial charge in [-0.1, -0.05) is 6.92 Å². The zero-order valence-electron chi connectivity index (χ0n) is 74.2. The zero-order chi connectivity index (χ0) is 93.8. The van der Waals surface area contributed by atoms with E-state index in [1.165, 1.54) is 47.0 Å². The number of thioether (sulfide) groups is 8. The molecule has 0 saturated carbocycles. The second-order valence-corrected chi connectivity index (χ2v) is 37.5. The molecule has 40 atom stereocenters. The van der Waals surface area contributed by atoms with Crippen molar-refractivity contribution in [3.05, 3.63) is 27.7 Å². The molecule has 61 heteroatoms. The average Bonchev–Trinajstić information content (AvgIpc) is 0.771. The molecule has 0 aromatic carbocycles. The van der Waals surface area contributed by atoms with Crippen molar-refractivity contribution < 1.29 is 432 Å². The van der Waals surface area contributed by atoms with Gasteiger partial charge in [0.1, 0.15) is 146 Å². The van der Waals surface area contributed by atoms with Crippen LogP contribution in [0.25, 0.3) is 0 Å². The number of aliphatic hydroxyl groups excluding tert-OH is 16. The van der Waals surface area contributed by atoms with E-state index in [1.807, 2.05) is 6.92 Å². The summed E-state index contributed by atoms with van der Waals surface area (Å²) in [6, 6.07) is 0. The quantitative estimate of drug-likeness (QED) is 0.0174. The molecular weight excluding hydrogens is 2020 g/mol. The third kappa shape index (κ3) is 43.4. The molecule has 30 fully saturated rings. The predicted molar refractivity (Wildman–Crippen MR) is 424 cm³/mol. The average molecular weight is 2130 g/mol. The number of carboxylic acids is 3. The van der Waals surface area contributed by atoms with E-state index in [0.29, 0.717) is 12.2 Å². The van der Waals surface area contributed by atoms with Crippen molar-refractivity contribution in [1.82, 2.24) is 0 Å². The van der Waals surface area contributed by atoms with Crippen molar-refractivity contribution in [2.45, 2.75) is 278 Å². The van der Waals surface area contributed by atoms with Gasteiger partial charge in [-0.25, -0.2) is 0 Å². The number of hydrogen-bond donors (Lipinski definition) is 16. The molecule has 0 radical (unpaired) electrons. The summed E-state index contributed by atoms with van der Waals surface area (Å²) in [4.78, 5) is 99.9. The summed E-state index contributed by atoms with van der Waals surface area (Å²) in [7, 11) is 0. The number of rotatable bonds is 31. The van der Waals surface area contributed by atoms with E-state index in [9.17, 15) is 111 Å². The van der Waals surface area contributed by atoms with Crippen LogP contribution in [0.2, 0.25) is 0 Å². The van der Waals surface area contributed by atoms with E-state index in [0.717, 1.165) is 47.0 Å². The van der Waals surface area contributed by atoms with Crippen LogP contribution in [0, 0.1) is 27.7 Å². The fourth-order valence-electron chi connectivity index (χ4n) is 14.0. The summed E-state index contributed by atoms with van der Waals surface area (Å²) < 4.78 is 101. The topological polar surface area (TPSA) is 728 Å². The van der Waals surface area contributed by atoms with Gasteiger partial charge in [0, 0.05) is 63.9 Å². The Bertz CT molecular complexity index is 3260. The largest absolute Gasteiger partial charge is 1.00 e. The molecule has 0 aromatic rings. The van der Waals surface area contributed by atoms with E-state index in [2.05, 4.69) is 27.7 Å². The molecule has 16 bridgehead atoms. The van der Waals surface area contributed by atoms with Gasteiger partial charge < -0.3 is 215 Å². The Kier molecular flexibility index (Phi) is 80.9. The number of carbonyl (C=O) groups is 3. The van der Waals surface area contributed by atoms with Crippen LogP contribution in [0.1, 0.15) is 32.6 Å². The van der Waals surface area contributed by atoms with Gasteiger partial charge in [-0.2, -0.15) is 132 Å². The molecule has 46 nitrogen and oxygen atoms in total.